The van der Waals surface area contributed by atoms with Crippen LogP contribution in [0.25, 0.3) is 0 Å². The van der Waals surface area contributed by atoms with Crippen molar-refractivity contribution >= 4 is 23.1 Å². The molecule has 0 aliphatic carbocycles. The summed E-state index contributed by atoms with van der Waals surface area (Å²) in [6.45, 7) is 2.65. The van der Waals surface area contributed by atoms with Crippen molar-refractivity contribution < 1.29 is 9.90 Å². The first-order valence-electron chi connectivity index (χ1n) is 6.33. The second-order valence-corrected chi connectivity index (χ2v) is 4.76. The number of likely N-dealkylation sites (N-methyl/N-ethyl adjacent to an activating group) is 1. The molecule has 1 aromatic rings. The number of hydrogen-bond donors (Lipinski definition) is 2. The summed E-state index contributed by atoms with van der Waals surface area (Å²) in [7, 11) is 0. The Balaban J connectivity index is 2.82. The summed E-state index contributed by atoms with van der Waals surface area (Å²) in [6, 6.07) is 9.65. The maximum atomic E-state index is 12.4. The molecule has 0 heterocycles. The van der Waals surface area contributed by atoms with Gasteiger partial charge >= 0.3 is 0 Å². The zero-order valence-electron chi connectivity index (χ0n) is 11.1. The van der Waals surface area contributed by atoms with E-state index in [1.807, 2.05) is 37.3 Å². The predicted molar refractivity (Wildman–Crippen MR) is 79.8 cm³/mol. The lowest BCUT2D eigenvalue weighted by Crippen LogP contribution is -2.43. The standard InChI is InChI=1S/C14H20N2O2S/c1-2-16(8-9-17)14(18)12(13(15)19)10-11-6-4-3-5-7-11/h3-7,12,17H,2,8-10H2,1H3,(H2,15,19). The number of aliphatic hydroxyl groups is 1. The maximum Gasteiger partial charge on any atom is 0.232 e. The van der Waals surface area contributed by atoms with E-state index in [1.165, 1.54) is 0 Å². The molecule has 1 rings (SSSR count). The first-order chi connectivity index (χ1) is 9.10. The zero-order chi connectivity index (χ0) is 14.3. The number of hydrogen-bond acceptors (Lipinski definition) is 3. The second kappa shape index (κ2) is 7.86. The smallest absolute Gasteiger partial charge is 0.232 e. The van der Waals surface area contributed by atoms with E-state index in [9.17, 15) is 4.79 Å². The third-order valence-electron chi connectivity index (χ3n) is 2.99. The van der Waals surface area contributed by atoms with Gasteiger partial charge in [-0.1, -0.05) is 42.5 Å². The Morgan fingerprint density at radius 3 is 2.53 bits per heavy atom. The Morgan fingerprint density at radius 1 is 1.42 bits per heavy atom. The molecule has 0 aliphatic heterocycles. The first kappa shape index (κ1) is 15.6. The van der Waals surface area contributed by atoms with E-state index in [1.54, 1.807) is 4.90 Å². The molecular formula is C14H20N2O2S. The number of rotatable bonds is 7. The van der Waals surface area contributed by atoms with Gasteiger partial charge < -0.3 is 15.7 Å². The van der Waals surface area contributed by atoms with Crippen molar-refractivity contribution in [2.75, 3.05) is 19.7 Å². The fraction of sp³-hybridized carbons (Fsp3) is 0.429. The highest BCUT2D eigenvalue weighted by Crippen LogP contribution is 2.12. The Morgan fingerprint density at radius 2 is 2.05 bits per heavy atom. The van der Waals surface area contributed by atoms with E-state index < -0.39 is 5.92 Å². The minimum absolute atomic E-state index is 0.0605. The molecule has 19 heavy (non-hydrogen) atoms. The predicted octanol–water partition coefficient (Wildman–Crippen LogP) is 0.972. The molecule has 1 aromatic carbocycles. The van der Waals surface area contributed by atoms with Crippen LogP contribution in [0.2, 0.25) is 0 Å². The van der Waals surface area contributed by atoms with Gasteiger partial charge in [0.25, 0.3) is 0 Å². The normalized spacial score (nSPS) is 11.9. The van der Waals surface area contributed by atoms with Crippen LogP contribution in [-0.2, 0) is 11.2 Å². The number of thiocarbonyl (C=S) groups is 1. The molecule has 3 N–H and O–H groups in total. The van der Waals surface area contributed by atoms with Gasteiger partial charge in [0.15, 0.2) is 0 Å². The van der Waals surface area contributed by atoms with E-state index in [2.05, 4.69) is 0 Å². The average molecular weight is 280 g/mol. The van der Waals surface area contributed by atoms with Gasteiger partial charge in [-0.15, -0.1) is 0 Å². The van der Waals surface area contributed by atoms with Gasteiger partial charge in [0.1, 0.15) is 0 Å². The van der Waals surface area contributed by atoms with Crippen LogP contribution in [0.4, 0.5) is 0 Å². The SMILES string of the molecule is CCN(CCO)C(=O)C(Cc1ccccc1)C(N)=S. The molecule has 0 aromatic heterocycles. The molecule has 0 aliphatic rings. The summed E-state index contributed by atoms with van der Waals surface area (Å²) in [4.78, 5) is 14.1. The topological polar surface area (TPSA) is 66.6 Å². The van der Waals surface area contributed by atoms with Crippen LogP contribution < -0.4 is 5.73 Å². The summed E-state index contributed by atoms with van der Waals surface area (Å²) in [5.74, 6) is -0.628. The number of amides is 1. The lowest BCUT2D eigenvalue weighted by molar-refractivity contribution is -0.133. The van der Waals surface area contributed by atoms with Crippen LogP contribution in [0.3, 0.4) is 0 Å². The number of benzene rings is 1. The van der Waals surface area contributed by atoms with E-state index in [0.717, 1.165) is 5.56 Å². The number of aliphatic hydroxyl groups excluding tert-OH is 1. The fourth-order valence-corrected chi connectivity index (χ4v) is 2.11. The van der Waals surface area contributed by atoms with E-state index in [-0.39, 0.29) is 17.5 Å². The average Bonchev–Trinajstić information content (AvgIpc) is 2.42. The highest BCUT2D eigenvalue weighted by Gasteiger charge is 2.25. The van der Waals surface area contributed by atoms with Gasteiger partial charge in [-0.2, -0.15) is 0 Å². The first-order valence-corrected chi connectivity index (χ1v) is 6.73. The quantitative estimate of drug-likeness (QED) is 0.731. The zero-order valence-corrected chi connectivity index (χ0v) is 11.9. The molecule has 1 unspecified atom stereocenters. The van der Waals surface area contributed by atoms with E-state index >= 15 is 0 Å². The minimum atomic E-state index is -0.510. The van der Waals surface area contributed by atoms with Crippen molar-refractivity contribution in [3.63, 3.8) is 0 Å². The summed E-state index contributed by atoms with van der Waals surface area (Å²) < 4.78 is 0. The largest absolute Gasteiger partial charge is 0.395 e. The van der Waals surface area contributed by atoms with Gasteiger partial charge in [-0.05, 0) is 18.9 Å². The molecular weight excluding hydrogens is 260 g/mol. The Labute approximate surface area is 119 Å². The Kier molecular flexibility index (Phi) is 6.45. The minimum Gasteiger partial charge on any atom is -0.395 e. The summed E-state index contributed by atoms with van der Waals surface area (Å²) in [6.07, 6.45) is 0.497. The van der Waals surface area contributed by atoms with Crippen LogP contribution in [0.15, 0.2) is 30.3 Å². The fourth-order valence-electron chi connectivity index (χ4n) is 1.92. The molecule has 0 fully saturated rings. The van der Waals surface area contributed by atoms with E-state index in [4.69, 9.17) is 23.1 Å². The molecule has 0 saturated carbocycles. The molecule has 0 bridgehead atoms. The van der Waals surface area contributed by atoms with Crippen LogP contribution in [-0.4, -0.2) is 40.6 Å². The lowest BCUT2D eigenvalue weighted by Gasteiger charge is -2.25. The summed E-state index contributed by atoms with van der Waals surface area (Å²) in [5, 5.41) is 8.97. The molecule has 0 radical (unpaired) electrons. The van der Waals surface area contributed by atoms with Crippen LogP contribution in [0, 0.1) is 5.92 Å². The third-order valence-corrected chi connectivity index (χ3v) is 3.27. The summed E-state index contributed by atoms with van der Waals surface area (Å²) >= 11 is 5.01. The molecule has 1 amide bonds. The Bertz CT molecular complexity index is 423. The van der Waals surface area contributed by atoms with Crippen molar-refractivity contribution in [2.45, 2.75) is 13.3 Å². The lowest BCUT2D eigenvalue weighted by atomic mass is 9.98. The molecule has 4 nitrogen and oxygen atoms in total. The third kappa shape index (κ3) is 4.61. The van der Waals surface area contributed by atoms with Gasteiger partial charge in [0, 0.05) is 13.1 Å². The van der Waals surface area contributed by atoms with Gasteiger partial charge in [-0.3, -0.25) is 4.79 Å². The highest BCUT2D eigenvalue weighted by atomic mass is 32.1. The Hall–Kier alpha value is -1.46. The highest BCUT2D eigenvalue weighted by molar-refractivity contribution is 7.80. The van der Waals surface area contributed by atoms with Gasteiger partial charge in [-0.25, -0.2) is 0 Å². The molecule has 104 valence electrons. The van der Waals surface area contributed by atoms with Gasteiger partial charge in [0.05, 0.1) is 17.5 Å². The number of nitrogens with two attached hydrogens (primary N) is 1. The number of nitrogens with zero attached hydrogens (tertiary/aromatic N) is 1. The van der Waals surface area contributed by atoms with Crippen LogP contribution in [0.5, 0.6) is 0 Å². The van der Waals surface area contributed by atoms with Crippen LogP contribution in [0.1, 0.15) is 12.5 Å². The molecule has 1 atom stereocenters. The summed E-state index contributed by atoms with van der Waals surface area (Å²) in [5.41, 5.74) is 6.72. The molecule has 0 saturated heterocycles. The van der Waals surface area contributed by atoms with Crippen molar-refractivity contribution in [3.8, 4) is 0 Å². The number of carbonyl (C=O) groups is 1. The molecule has 5 heteroatoms. The van der Waals surface area contributed by atoms with Crippen molar-refractivity contribution in [1.29, 1.82) is 0 Å². The second-order valence-electron chi connectivity index (χ2n) is 4.29. The maximum absolute atomic E-state index is 12.4. The number of carbonyl (C=O) groups excluding carboxylic acids is 1. The molecule has 0 spiro atoms. The van der Waals surface area contributed by atoms with Crippen LogP contribution >= 0.6 is 12.2 Å². The van der Waals surface area contributed by atoms with E-state index in [0.29, 0.717) is 19.5 Å². The van der Waals surface area contributed by atoms with Crippen molar-refractivity contribution in [2.24, 2.45) is 11.7 Å². The van der Waals surface area contributed by atoms with Crippen molar-refractivity contribution in [3.05, 3.63) is 35.9 Å². The van der Waals surface area contributed by atoms with Gasteiger partial charge in [0.2, 0.25) is 5.91 Å². The van der Waals surface area contributed by atoms with Crippen molar-refractivity contribution in [1.82, 2.24) is 4.90 Å². The monoisotopic (exact) mass is 280 g/mol.